The number of nitrogens with zero attached hydrogens (tertiary/aromatic N) is 2. The van der Waals surface area contributed by atoms with Crippen LogP contribution in [0.25, 0.3) is 6.08 Å². The highest BCUT2D eigenvalue weighted by Crippen LogP contribution is 2.23. The van der Waals surface area contributed by atoms with Gasteiger partial charge in [0, 0.05) is 28.9 Å². The fourth-order valence-electron chi connectivity index (χ4n) is 1.98. The number of carbonyl (C=O) groups excluding carboxylic acids is 1. The number of aromatic nitrogens is 2. The topological polar surface area (TPSA) is 75.1 Å². The summed E-state index contributed by atoms with van der Waals surface area (Å²) in [5, 5.41) is 11.9. The van der Waals surface area contributed by atoms with Gasteiger partial charge in [-0.05, 0) is 30.3 Å². The third-order valence-corrected chi connectivity index (χ3v) is 3.00. The number of rotatable bonds is 3. The number of hydrogen-bond acceptors (Lipinski definition) is 4. The smallest absolute Gasteiger partial charge is 0.248 e. The molecule has 5 nitrogen and oxygen atoms in total. The summed E-state index contributed by atoms with van der Waals surface area (Å²) in [5.74, 6) is -0.0980. The Bertz CT molecular complexity index is 686. The second-order valence-electron chi connectivity index (χ2n) is 5.95. The quantitative estimate of drug-likeness (QED) is 0.674. The first kappa shape index (κ1) is 15.7. The lowest BCUT2D eigenvalue weighted by molar-refractivity contribution is -0.111. The molecule has 2 aromatic rings. The molecule has 2 rings (SSSR count). The second-order valence-corrected chi connectivity index (χ2v) is 5.95. The van der Waals surface area contributed by atoms with Gasteiger partial charge in [-0.25, -0.2) is 9.97 Å². The van der Waals surface area contributed by atoms with Crippen molar-refractivity contribution in [3.63, 3.8) is 0 Å². The van der Waals surface area contributed by atoms with Crippen molar-refractivity contribution in [3.05, 3.63) is 54.1 Å². The average molecular weight is 297 g/mol. The van der Waals surface area contributed by atoms with Crippen LogP contribution in [0.4, 0.5) is 5.69 Å². The Hall–Kier alpha value is -2.69. The summed E-state index contributed by atoms with van der Waals surface area (Å²) in [6.07, 6.45) is 6.35. The minimum Gasteiger partial charge on any atom is -0.508 e. The summed E-state index contributed by atoms with van der Waals surface area (Å²) in [5.41, 5.74) is 2.19. The molecule has 0 saturated carbocycles. The van der Waals surface area contributed by atoms with Crippen molar-refractivity contribution in [3.8, 4) is 5.75 Å². The van der Waals surface area contributed by atoms with Gasteiger partial charge in [0.05, 0.1) is 5.69 Å². The first-order valence-electron chi connectivity index (χ1n) is 6.95. The van der Waals surface area contributed by atoms with E-state index in [9.17, 15) is 9.90 Å². The summed E-state index contributed by atoms with van der Waals surface area (Å²) in [4.78, 5) is 20.2. The van der Waals surface area contributed by atoms with Crippen LogP contribution in [0.2, 0.25) is 0 Å². The van der Waals surface area contributed by atoms with Crippen LogP contribution in [-0.2, 0) is 10.2 Å². The Kier molecular flexibility index (Phi) is 4.56. The van der Waals surface area contributed by atoms with Crippen LogP contribution in [0.5, 0.6) is 5.75 Å². The Morgan fingerprint density at radius 2 is 1.91 bits per heavy atom. The molecule has 0 bridgehead atoms. The molecular weight excluding hydrogens is 278 g/mol. The molecule has 0 spiro atoms. The highest BCUT2D eigenvalue weighted by molar-refractivity contribution is 6.02. The van der Waals surface area contributed by atoms with Gasteiger partial charge in [-0.1, -0.05) is 20.8 Å². The number of phenols is 1. The number of aromatic hydroxyl groups is 1. The molecule has 5 heteroatoms. The van der Waals surface area contributed by atoms with Crippen LogP contribution in [0, 0.1) is 0 Å². The Labute approximate surface area is 129 Å². The van der Waals surface area contributed by atoms with Crippen LogP contribution < -0.4 is 5.32 Å². The number of phenolic OH excluding ortho intramolecular Hbond substituents is 1. The normalized spacial score (nSPS) is 11.6. The molecule has 1 aromatic carbocycles. The lowest BCUT2D eigenvalue weighted by atomic mass is 9.89. The van der Waals surface area contributed by atoms with Crippen molar-refractivity contribution in [2.75, 3.05) is 5.32 Å². The van der Waals surface area contributed by atoms with Crippen molar-refractivity contribution >= 4 is 17.7 Å². The van der Waals surface area contributed by atoms with Crippen molar-refractivity contribution in [2.45, 2.75) is 26.2 Å². The van der Waals surface area contributed by atoms with E-state index in [-0.39, 0.29) is 17.1 Å². The van der Waals surface area contributed by atoms with Gasteiger partial charge in [0.15, 0.2) is 0 Å². The summed E-state index contributed by atoms with van der Waals surface area (Å²) in [6.45, 7) is 6.18. The van der Waals surface area contributed by atoms with Gasteiger partial charge < -0.3 is 10.4 Å². The van der Waals surface area contributed by atoms with Gasteiger partial charge in [-0.3, -0.25) is 4.79 Å². The van der Waals surface area contributed by atoms with Crippen LogP contribution in [0.3, 0.4) is 0 Å². The summed E-state index contributed by atoms with van der Waals surface area (Å²) >= 11 is 0. The van der Waals surface area contributed by atoms with Crippen molar-refractivity contribution in [1.29, 1.82) is 0 Å². The summed E-state index contributed by atoms with van der Waals surface area (Å²) in [7, 11) is 0. The van der Waals surface area contributed by atoms with Crippen LogP contribution in [0.1, 0.15) is 32.0 Å². The molecule has 0 aliphatic rings. The predicted molar refractivity (Wildman–Crippen MR) is 86.5 cm³/mol. The van der Waals surface area contributed by atoms with E-state index in [2.05, 4.69) is 36.1 Å². The fraction of sp³-hybridized carbons (Fsp3) is 0.235. The predicted octanol–water partition coefficient (Wildman–Crippen LogP) is 3.13. The molecule has 0 atom stereocenters. The average Bonchev–Trinajstić information content (AvgIpc) is 2.47. The van der Waals surface area contributed by atoms with E-state index in [1.54, 1.807) is 24.4 Å². The highest BCUT2D eigenvalue weighted by atomic mass is 16.3. The third kappa shape index (κ3) is 4.15. The molecule has 0 fully saturated rings. The third-order valence-electron chi connectivity index (χ3n) is 3.00. The molecule has 0 radical (unpaired) electrons. The van der Waals surface area contributed by atoms with Crippen LogP contribution in [0.15, 0.2) is 42.9 Å². The highest BCUT2D eigenvalue weighted by Gasteiger charge is 2.18. The lowest BCUT2D eigenvalue weighted by Gasteiger charge is -2.19. The molecule has 0 aliphatic carbocycles. The summed E-state index contributed by atoms with van der Waals surface area (Å²) < 4.78 is 0. The van der Waals surface area contributed by atoms with E-state index >= 15 is 0 Å². The van der Waals surface area contributed by atoms with Gasteiger partial charge >= 0.3 is 0 Å². The van der Waals surface area contributed by atoms with Crippen molar-refractivity contribution in [2.24, 2.45) is 0 Å². The van der Waals surface area contributed by atoms with E-state index in [1.165, 1.54) is 24.5 Å². The Balaban J connectivity index is 2.12. The molecule has 114 valence electrons. The number of hydrogen-bond donors (Lipinski definition) is 2. The molecule has 2 N–H and O–H groups in total. The maximum absolute atomic E-state index is 11.9. The van der Waals surface area contributed by atoms with E-state index in [4.69, 9.17) is 0 Å². The molecule has 1 aromatic heterocycles. The monoisotopic (exact) mass is 297 g/mol. The summed E-state index contributed by atoms with van der Waals surface area (Å²) in [6, 6.07) is 6.30. The maximum atomic E-state index is 11.9. The molecule has 1 amide bonds. The number of amides is 1. The van der Waals surface area contributed by atoms with E-state index in [0.29, 0.717) is 5.69 Å². The van der Waals surface area contributed by atoms with E-state index < -0.39 is 0 Å². The fourth-order valence-corrected chi connectivity index (χ4v) is 1.98. The molecule has 1 heterocycles. The zero-order valence-corrected chi connectivity index (χ0v) is 12.9. The maximum Gasteiger partial charge on any atom is 0.248 e. The zero-order chi connectivity index (χ0) is 16.2. The van der Waals surface area contributed by atoms with Gasteiger partial charge in [-0.15, -0.1) is 0 Å². The van der Waals surface area contributed by atoms with Crippen LogP contribution >= 0.6 is 0 Å². The largest absolute Gasteiger partial charge is 0.508 e. The Morgan fingerprint density at radius 3 is 2.55 bits per heavy atom. The molecule has 22 heavy (non-hydrogen) atoms. The minimum absolute atomic E-state index is 0.129. The van der Waals surface area contributed by atoms with Gasteiger partial charge in [0.1, 0.15) is 12.1 Å². The van der Waals surface area contributed by atoms with Gasteiger partial charge in [-0.2, -0.15) is 0 Å². The molecular formula is C17H19N3O2. The number of carbonyl (C=O) groups is 1. The van der Waals surface area contributed by atoms with Gasteiger partial charge in [0.2, 0.25) is 5.91 Å². The Morgan fingerprint density at radius 1 is 1.23 bits per heavy atom. The standard InChI is InChI=1S/C17H19N3O2/c1-17(2,3)16-12(10-18-11-19-16)4-9-15(22)20-13-5-7-14(21)8-6-13/h4-11,21H,1-3H3,(H,20,22). The number of benzene rings is 1. The van der Waals surface area contributed by atoms with E-state index in [1.807, 2.05) is 0 Å². The SMILES string of the molecule is CC(C)(C)c1ncncc1C=CC(=O)Nc1ccc(O)cc1. The molecule has 0 aliphatic heterocycles. The second kappa shape index (κ2) is 6.39. The lowest BCUT2D eigenvalue weighted by Crippen LogP contribution is -2.15. The number of nitrogens with one attached hydrogen (secondary N) is 1. The van der Waals surface area contributed by atoms with Gasteiger partial charge in [0.25, 0.3) is 0 Å². The zero-order valence-electron chi connectivity index (χ0n) is 12.9. The minimum atomic E-state index is -0.255. The van der Waals surface area contributed by atoms with Crippen molar-refractivity contribution in [1.82, 2.24) is 9.97 Å². The van der Waals surface area contributed by atoms with Crippen LogP contribution in [-0.4, -0.2) is 21.0 Å². The van der Waals surface area contributed by atoms with E-state index in [0.717, 1.165) is 11.3 Å². The van der Waals surface area contributed by atoms with Crippen molar-refractivity contribution < 1.29 is 9.90 Å². The molecule has 0 unspecified atom stereocenters. The first-order chi connectivity index (χ1) is 10.4. The first-order valence-corrected chi connectivity index (χ1v) is 6.95. The molecule has 0 saturated heterocycles. The number of anilines is 1.